The van der Waals surface area contributed by atoms with Crippen LogP contribution in [0.4, 0.5) is 13.2 Å². The second kappa shape index (κ2) is 8.47. The van der Waals surface area contributed by atoms with Crippen molar-refractivity contribution in [3.63, 3.8) is 0 Å². The van der Waals surface area contributed by atoms with Gasteiger partial charge in [-0.3, -0.25) is 4.79 Å². The van der Waals surface area contributed by atoms with Crippen LogP contribution >= 0.6 is 0 Å². The molecular formula is C17H23F3N2O4S. The van der Waals surface area contributed by atoms with Gasteiger partial charge in [0.2, 0.25) is 15.9 Å². The minimum Gasteiger partial charge on any atom is -0.406 e. The molecular weight excluding hydrogens is 385 g/mol. The molecule has 0 unspecified atom stereocenters. The molecule has 1 aliphatic rings. The van der Waals surface area contributed by atoms with Crippen LogP contribution in [0, 0.1) is 5.92 Å². The molecule has 1 aromatic carbocycles. The summed E-state index contributed by atoms with van der Waals surface area (Å²) in [4.78, 5) is 12.1. The molecule has 1 fully saturated rings. The average Bonchev–Trinajstić information content (AvgIpc) is 2.53. The Kier molecular flexibility index (Phi) is 6.74. The number of carbonyl (C=O) groups excluding carboxylic acids is 1. The lowest BCUT2D eigenvalue weighted by molar-refractivity contribution is -0.274. The predicted molar refractivity (Wildman–Crippen MR) is 93.4 cm³/mol. The van der Waals surface area contributed by atoms with Crippen molar-refractivity contribution in [3.8, 4) is 5.75 Å². The maximum Gasteiger partial charge on any atom is 0.573 e. The zero-order chi connectivity index (χ0) is 20.2. The van der Waals surface area contributed by atoms with Crippen LogP contribution < -0.4 is 10.1 Å². The van der Waals surface area contributed by atoms with Crippen molar-refractivity contribution >= 4 is 15.9 Å². The molecule has 1 saturated heterocycles. The molecule has 10 heteroatoms. The summed E-state index contributed by atoms with van der Waals surface area (Å²) in [6.45, 7) is 4.50. The highest BCUT2D eigenvalue weighted by Gasteiger charge is 2.31. The van der Waals surface area contributed by atoms with E-state index < -0.39 is 34.1 Å². The minimum absolute atomic E-state index is 0.369. The topological polar surface area (TPSA) is 75.7 Å². The van der Waals surface area contributed by atoms with Crippen LogP contribution in [-0.4, -0.2) is 43.8 Å². The standard InChI is InChI=1S/C17H23F3N2O4S/c1-12-7-9-22(10-8-12)27(24,25)11-16(23)21-13(2)14-3-5-15(6-4-14)26-17(18,19)20/h3-6,12-13H,7-11H2,1-2H3,(H,21,23)/t13-/m0/s1. The first-order valence-corrected chi connectivity index (χ1v) is 10.2. The van der Waals surface area contributed by atoms with Crippen molar-refractivity contribution in [2.24, 2.45) is 5.92 Å². The molecule has 0 spiro atoms. The van der Waals surface area contributed by atoms with Crippen molar-refractivity contribution in [2.45, 2.75) is 39.1 Å². The van der Waals surface area contributed by atoms with Crippen molar-refractivity contribution in [1.82, 2.24) is 9.62 Å². The van der Waals surface area contributed by atoms with Gasteiger partial charge in [-0.05, 0) is 43.4 Å². The Bertz CT molecular complexity index is 742. The first kappa shape index (κ1) is 21.5. The fraction of sp³-hybridized carbons (Fsp3) is 0.588. The molecule has 6 nitrogen and oxygen atoms in total. The van der Waals surface area contributed by atoms with E-state index >= 15 is 0 Å². The van der Waals surface area contributed by atoms with Crippen LogP contribution in [0.5, 0.6) is 5.75 Å². The van der Waals surface area contributed by atoms with Gasteiger partial charge in [0.05, 0.1) is 6.04 Å². The number of piperidine rings is 1. The number of nitrogens with zero attached hydrogens (tertiary/aromatic N) is 1. The zero-order valence-corrected chi connectivity index (χ0v) is 15.9. The van der Waals surface area contributed by atoms with Gasteiger partial charge in [0, 0.05) is 13.1 Å². The van der Waals surface area contributed by atoms with E-state index in [0.29, 0.717) is 24.6 Å². The van der Waals surface area contributed by atoms with Crippen LogP contribution in [0.15, 0.2) is 24.3 Å². The molecule has 0 radical (unpaired) electrons. The SMILES string of the molecule is CC1CCN(S(=O)(=O)CC(=O)N[C@@H](C)c2ccc(OC(F)(F)F)cc2)CC1. The van der Waals surface area contributed by atoms with Crippen molar-refractivity contribution in [1.29, 1.82) is 0 Å². The smallest absolute Gasteiger partial charge is 0.406 e. The summed E-state index contributed by atoms with van der Waals surface area (Å²) in [5, 5.41) is 2.56. The third kappa shape index (κ3) is 6.69. The molecule has 1 aliphatic heterocycles. The first-order chi connectivity index (χ1) is 12.5. The van der Waals surface area contributed by atoms with E-state index in [9.17, 15) is 26.4 Å². The second-order valence-corrected chi connectivity index (χ2v) is 8.71. The number of amides is 1. The summed E-state index contributed by atoms with van der Waals surface area (Å²) in [5.41, 5.74) is 0.530. The Labute approximate surface area is 156 Å². The van der Waals surface area contributed by atoms with Crippen molar-refractivity contribution in [2.75, 3.05) is 18.8 Å². The Morgan fingerprint density at radius 1 is 1.26 bits per heavy atom. The molecule has 2 rings (SSSR count). The number of halogens is 3. The van der Waals surface area contributed by atoms with E-state index in [-0.39, 0.29) is 5.75 Å². The number of hydrogen-bond acceptors (Lipinski definition) is 4. The number of benzene rings is 1. The molecule has 1 N–H and O–H groups in total. The Morgan fingerprint density at radius 3 is 2.33 bits per heavy atom. The fourth-order valence-corrected chi connectivity index (χ4v) is 4.21. The summed E-state index contributed by atoms with van der Waals surface area (Å²) >= 11 is 0. The molecule has 0 bridgehead atoms. The number of sulfonamides is 1. The van der Waals surface area contributed by atoms with Gasteiger partial charge >= 0.3 is 6.36 Å². The highest BCUT2D eigenvalue weighted by Crippen LogP contribution is 2.24. The molecule has 0 saturated carbocycles. The van der Waals surface area contributed by atoms with Crippen LogP contribution in [0.25, 0.3) is 0 Å². The van der Waals surface area contributed by atoms with Gasteiger partial charge in [-0.15, -0.1) is 13.2 Å². The molecule has 1 amide bonds. The maximum atomic E-state index is 12.3. The molecule has 0 aromatic heterocycles. The lowest BCUT2D eigenvalue weighted by Gasteiger charge is -2.29. The molecule has 152 valence electrons. The summed E-state index contributed by atoms with van der Waals surface area (Å²) in [5.74, 6) is -1.21. The highest BCUT2D eigenvalue weighted by molar-refractivity contribution is 7.89. The zero-order valence-electron chi connectivity index (χ0n) is 15.1. The van der Waals surface area contributed by atoms with Crippen LogP contribution in [0.1, 0.15) is 38.3 Å². The molecule has 1 heterocycles. The highest BCUT2D eigenvalue weighted by atomic mass is 32.2. The van der Waals surface area contributed by atoms with E-state index in [1.165, 1.54) is 16.4 Å². The van der Waals surface area contributed by atoms with Gasteiger partial charge in [-0.2, -0.15) is 0 Å². The van der Waals surface area contributed by atoms with E-state index in [1.54, 1.807) is 6.92 Å². The predicted octanol–water partition coefficient (Wildman–Crippen LogP) is 2.82. The number of rotatable bonds is 6. The molecule has 1 aromatic rings. The monoisotopic (exact) mass is 408 g/mol. The van der Waals surface area contributed by atoms with Crippen LogP contribution in [-0.2, 0) is 14.8 Å². The van der Waals surface area contributed by atoms with E-state index in [0.717, 1.165) is 25.0 Å². The number of nitrogens with one attached hydrogen (secondary N) is 1. The Balaban J connectivity index is 1.91. The van der Waals surface area contributed by atoms with Gasteiger partial charge in [-0.25, -0.2) is 12.7 Å². The number of alkyl halides is 3. The van der Waals surface area contributed by atoms with Crippen LogP contribution in [0.3, 0.4) is 0 Å². The third-order valence-electron chi connectivity index (χ3n) is 4.44. The largest absolute Gasteiger partial charge is 0.573 e. The van der Waals surface area contributed by atoms with Crippen molar-refractivity contribution in [3.05, 3.63) is 29.8 Å². The fourth-order valence-electron chi connectivity index (χ4n) is 2.84. The summed E-state index contributed by atoms with van der Waals surface area (Å²) < 4.78 is 66.3. The molecule has 27 heavy (non-hydrogen) atoms. The van der Waals surface area contributed by atoms with E-state index in [4.69, 9.17) is 0 Å². The molecule has 1 atom stereocenters. The van der Waals surface area contributed by atoms with Gasteiger partial charge in [0.25, 0.3) is 0 Å². The van der Waals surface area contributed by atoms with Crippen molar-refractivity contribution < 1.29 is 31.1 Å². The molecule has 0 aliphatic carbocycles. The van der Waals surface area contributed by atoms with Gasteiger partial charge in [0.15, 0.2) is 0 Å². The van der Waals surface area contributed by atoms with Gasteiger partial charge < -0.3 is 10.1 Å². The number of ether oxygens (including phenoxy) is 1. The summed E-state index contributed by atoms with van der Waals surface area (Å²) in [7, 11) is -3.68. The first-order valence-electron chi connectivity index (χ1n) is 8.59. The maximum absolute atomic E-state index is 12.3. The lowest BCUT2D eigenvalue weighted by Crippen LogP contribution is -2.43. The minimum atomic E-state index is -4.78. The van der Waals surface area contributed by atoms with E-state index in [1.807, 2.05) is 0 Å². The van der Waals surface area contributed by atoms with E-state index in [2.05, 4.69) is 17.0 Å². The summed E-state index contributed by atoms with van der Waals surface area (Å²) in [6.07, 6.45) is -3.24. The van der Waals surface area contributed by atoms with Crippen LogP contribution in [0.2, 0.25) is 0 Å². The van der Waals surface area contributed by atoms with Gasteiger partial charge in [0.1, 0.15) is 11.5 Å². The average molecular weight is 408 g/mol. The second-order valence-electron chi connectivity index (χ2n) is 6.74. The quantitative estimate of drug-likeness (QED) is 0.786. The normalized spacial score (nSPS) is 18.1. The van der Waals surface area contributed by atoms with Gasteiger partial charge in [-0.1, -0.05) is 19.1 Å². The Morgan fingerprint density at radius 2 is 1.81 bits per heavy atom. The third-order valence-corrected chi connectivity index (χ3v) is 6.22. The summed E-state index contributed by atoms with van der Waals surface area (Å²) in [6, 6.07) is 4.47. The Hall–Kier alpha value is -1.81. The lowest BCUT2D eigenvalue weighted by atomic mass is 10.0. The number of hydrogen-bond donors (Lipinski definition) is 1. The number of carbonyl (C=O) groups is 1.